The normalized spacial score (nSPS) is 11.5. The van der Waals surface area contributed by atoms with Crippen molar-refractivity contribution in [2.24, 2.45) is 0 Å². The van der Waals surface area contributed by atoms with E-state index in [9.17, 15) is 4.79 Å². The molecule has 0 amide bonds. The first-order valence-electron chi connectivity index (χ1n) is 5.03. The fraction of sp³-hybridized carbons (Fsp3) is 0.333. The van der Waals surface area contributed by atoms with Gasteiger partial charge in [-0.2, -0.15) is 5.26 Å². The molecule has 0 bridgehead atoms. The van der Waals surface area contributed by atoms with Crippen molar-refractivity contribution in [1.29, 1.82) is 5.26 Å². The number of rotatable bonds is 5. The molecule has 1 aromatic carbocycles. The number of nitrogens with zero attached hydrogens (tertiary/aromatic N) is 1. The standard InChI is InChI=1S/C12H13NO3/c1-2-10(8-13)16-11-6-4-3-5-9(11)7-12(14)15/h3-6,10H,2,7H2,1H3,(H,14,15). The van der Waals surface area contributed by atoms with Gasteiger partial charge in [0.15, 0.2) is 6.10 Å². The SMILES string of the molecule is CCC(C#N)Oc1ccccc1CC(=O)O. The lowest BCUT2D eigenvalue weighted by Crippen LogP contribution is -2.14. The van der Waals surface area contributed by atoms with E-state index in [0.717, 1.165) is 0 Å². The molecule has 0 heterocycles. The summed E-state index contributed by atoms with van der Waals surface area (Å²) in [5.74, 6) is -0.445. The third-order valence-electron chi connectivity index (χ3n) is 2.10. The summed E-state index contributed by atoms with van der Waals surface area (Å²) in [5.41, 5.74) is 0.587. The molecule has 4 nitrogen and oxygen atoms in total. The largest absolute Gasteiger partial charge is 0.481 e. The Labute approximate surface area is 94.1 Å². The van der Waals surface area contributed by atoms with Gasteiger partial charge in [-0.15, -0.1) is 0 Å². The molecule has 0 aliphatic heterocycles. The molecule has 0 fully saturated rings. The van der Waals surface area contributed by atoms with Gasteiger partial charge in [0, 0.05) is 5.56 Å². The van der Waals surface area contributed by atoms with Crippen LogP contribution in [0.5, 0.6) is 5.75 Å². The highest BCUT2D eigenvalue weighted by molar-refractivity contribution is 5.71. The summed E-state index contributed by atoms with van der Waals surface area (Å²) in [5, 5.41) is 17.5. The Hall–Kier alpha value is -2.02. The molecule has 1 aromatic rings. The van der Waals surface area contributed by atoms with Crippen molar-refractivity contribution in [2.75, 3.05) is 0 Å². The molecule has 0 spiro atoms. The van der Waals surface area contributed by atoms with E-state index in [1.807, 2.05) is 13.0 Å². The van der Waals surface area contributed by atoms with E-state index in [1.54, 1.807) is 24.3 Å². The number of aliphatic carboxylic acids is 1. The molecule has 0 aliphatic carbocycles. The summed E-state index contributed by atoms with van der Waals surface area (Å²) in [7, 11) is 0. The number of carboxylic acid groups (broad SMARTS) is 1. The first-order valence-corrected chi connectivity index (χ1v) is 5.03. The Morgan fingerprint density at radius 2 is 2.25 bits per heavy atom. The van der Waals surface area contributed by atoms with E-state index in [2.05, 4.69) is 0 Å². The molecule has 0 saturated carbocycles. The number of carboxylic acids is 1. The molecular weight excluding hydrogens is 206 g/mol. The van der Waals surface area contributed by atoms with Gasteiger partial charge >= 0.3 is 5.97 Å². The number of benzene rings is 1. The minimum Gasteiger partial charge on any atom is -0.481 e. The fourth-order valence-corrected chi connectivity index (χ4v) is 1.28. The summed E-state index contributed by atoms with van der Waals surface area (Å²) < 4.78 is 5.42. The highest BCUT2D eigenvalue weighted by Gasteiger charge is 2.11. The number of carbonyl (C=O) groups is 1. The van der Waals surface area contributed by atoms with Gasteiger partial charge in [0.2, 0.25) is 0 Å². The van der Waals surface area contributed by atoms with E-state index in [4.69, 9.17) is 15.1 Å². The van der Waals surface area contributed by atoms with Crippen LogP contribution < -0.4 is 4.74 Å². The average molecular weight is 219 g/mol. The van der Waals surface area contributed by atoms with Gasteiger partial charge in [-0.25, -0.2) is 0 Å². The van der Waals surface area contributed by atoms with Crippen molar-refractivity contribution in [1.82, 2.24) is 0 Å². The van der Waals surface area contributed by atoms with E-state index in [0.29, 0.717) is 17.7 Å². The maximum Gasteiger partial charge on any atom is 0.307 e. The Bertz CT molecular complexity index is 409. The Balaban J connectivity index is 2.86. The Morgan fingerprint density at radius 1 is 1.56 bits per heavy atom. The highest BCUT2D eigenvalue weighted by Crippen LogP contribution is 2.20. The van der Waals surface area contributed by atoms with Crippen LogP contribution in [0.4, 0.5) is 0 Å². The van der Waals surface area contributed by atoms with Gasteiger partial charge in [-0.05, 0) is 12.5 Å². The molecule has 16 heavy (non-hydrogen) atoms. The first-order chi connectivity index (χ1) is 7.67. The van der Waals surface area contributed by atoms with Gasteiger partial charge in [0.05, 0.1) is 6.42 Å². The molecule has 1 unspecified atom stereocenters. The van der Waals surface area contributed by atoms with E-state index in [-0.39, 0.29) is 6.42 Å². The van der Waals surface area contributed by atoms with Crippen LogP contribution in [0.15, 0.2) is 24.3 Å². The van der Waals surface area contributed by atoms with Crippen LogP contribution in [0.3, 0.4) is 0 Å². The predicted molar refractivity (Wildman–Crippen MR) is 58.1 cm³/mol. The molecule has 0 aliphatic rings. The molecule has 0 saturated heterocycles. The molecule has 84 valence electrons. The van der Waals surface area contributed by atoms with Gasteiger partial charge < -0.3 is 9.84 Å². The van der Waals surface area contributed by atoms with Crippen LogP contribution in [-0.2, 0) is 11.2 Å². The van der Waals surface area contributed by atoms with Gasteiger partial charge in [-0.1, -0.05) is 25.1 Å². The molecule has 0 radical (unpaired) electrons. The zero-order chi connectivity index (χ0) is 12.0. The number of ether oxygens (including phenoxy) is 1. The number of hydrogen-bond acceptors (Lipinski definition) is 3. The molecule has 1 N–H and O–H groups in total. The zero-order valence-electron chi connectivity index (χ0n) is 9.01. The summed E-state index contributed by atoms with van der Waals surface area (Å²) in [6.45, 7) is 1.84. The number of para-hydroxylation sites is 1. The van der Waals surface area contributed by atoms with Crippen LogP contribution in [0.1, 0.15) is 18.9 Å². The van der Waals surface area contributed by atoms with Crippen molar-refractivity contribution < 1.29 is 14.6 Å². The second-order valence-electron chi connectivity index (χ2n) is 3.32. The van der Waals surface area contributed by atoms with E-state index >= 15 is 0 Å². The maximum absolute atomic E-state index is 10.6. The van der Waals surface area contributed by atoms with Crippen LogP contribution >= 0.6 is 0 Å². The Morgan fingerprint density at radius 3 is 2.81 bits per heavy atom. The average Bonchev–Trinajstić information content (AvgIpc) is 2.27. The smallest absolute Gasteiger partial charge is 0.307 e. The third kappa shape index (κ3) is 3.28. The molecular formula is C12H13NO3. The number of hydrogen-bond donors (Lipinski definition) is 1. The highest BCUT2D eigenvalue weighted by atomic mass is 16.5. The summed E-state index contributed by atoms with van der Waals surface area (Å²) in [6, 6.07) is 8.88. The van der Waals surface area contributed by atoms with Crippen molar-refractivity contribution in [3.05, 3.63) is 29.8 Å². The van der Waals surface area contributed by atoms with E-state index < -0.39 is 12.1 Å². The first kappa shape index (κ1) is 12.1. The van der Waals surface area contributed by atoms with Crippen molar-refractivity contribution in [3.63, 3.8) is 0 Å². The van der Waals surface area contributed by atoms with Crippen LogP contribution in [-0.4, -0.2) is 17.2 Å². The van der Waals surface area contributed by atoms with Crippen LogP contribution in [0, 0.1) is 11.3 Å². The quantitative estimate of drug-likeness (QED) is 0.822. The molecule has 1 atom stereocenters. The lowest BCUT2D eigenvalue weighted by molar-refractivity contribution is -0.136. The lowest BCUT2D eigenvalue weighted by atomic mass is 10.1. The second kappa shape index (κ2) is 5.76. The topological polar surface area (TPSA) is 70.3 Å². The lowest BCUT2D eigenvalue weighted by Gasteiger charge is -2.13. The van der Waals surface area contributed by atoms with Crippen molar-refractivity contribution in [3.8, 4) is 11.8 Å². The number of nitriles is 1. The van der Waals surface area contributed by atoms with Crippen LogP contribution in [0.2, 0.25) is 0 Å². The minimum atomic E-state index is -0.916. The zero-order valence-corrected chi connectivity index (χ0v) is 9.01. The van der Waals surface area contributed by atoms with E-state index in [1.165, 1.54) is 0 Å². The van der Waals surface area contributed by atoms with Crippen molar-refractivity contribution in [2.45, 2.75) is 25.9 Å². The minimum absolute atomic E-state index is 0.0992. The monoisotopic (exact) mass is 219 g/mol. The summed E-state index contributed by atoms with van der Waals surface area (Å²) >= 11 is 0. The summed E-state index contributed by atoms with van der Waals surface area (Å²) in [4.78, 5) is 10.6. The summed E-state index contributed by atoms with van der Waals surface area (Å²) in [6.07, 6.45) is -0.0643. The second-order valence-corrected chi connectivity index (χ2v) is 3.32. The van der Waals surface area contributed by atoms with Gasteiger partial charge in [-0.3, -0.25) is 4.79 Å². The van der Waals surface area contributed by atoms with Crippen molar-refractivity contribution >= 4 is 5.97 Å². The molecule has 0 aromatic heterocycles. The molecule has 1 rings (SSSR count). The van der Waals surface area contributed by atoms with Gasteiger partial charge in [0.1, 0.15) is 11.8 Å². The molecule has 4 heteroatoms. The van der Waals surface area contributed by atoms with Gasteiger partial charge in [0.25, 0.3) is 0 Å². The predicted octanol–water partition coefficient (Wildman–Crippen LogP) is 1.99. The maximum atomic E-state index is 10.6. The fourth-order valence-electron chi connectivity index (χ4n) is 1.28. The third-order valence-corrected chi connectivity index (χ3v) is 2.10. The van der Waals surface area contributed by atoms with Crippen LogP contribution in [0.25, 0.3) is 0 Å². The Kier molecular flexibility index (Phi) is 4.34.